The number of alkyl halides is 1. The third-order valence-electron chi connectivity index (χ3n) is 3.50. The van der Waals surface area contributed by atoms with Gasteiger partial charge in [0.15, 0.2) is 0 Å². The standard InChI is InChI=1S/C14H17BrClNO/c1-10-5-6-11(16)8-13(10)14(18)17-7-3-2-4-12(17)9-15/h5-6,8,12H,2-4,7,9H2,1H3. The average molecular weight is 331 g/mol. The van der Waals surface area contributed by atoms with Gasteiger partial charge in [0, 0.05) is 28.5 Å². The van der Waals surface area contributed by atoms with Crippen LogP contribution in [0.1, 0.15) is 35.2 Å². The minimum atomic E-state index is 0.110. The smallest absolute Gasteiger partial charge is 0.254 e. The van der Waals surface area contributed by atoms with E-state index in [4.69, 9.17) is 11.6 Å². The third kappa shape index (κ3) is 2.89. The normalized spacial score (nSPS) is 19.9. The fraction of sp³-hybridized carbons (Fsp3) is 0.500. The van der Waals surface area contributed by atoms with Crippen molar-refractivity contribution in [1.82, 2.24) is 4.90 Å². The summed E-state index contributed by atoms with van der Waals surface area (Å²) in [7, 11) is 0. The maximum Gasteiger partial charge on any atom is 0.254 e. The molecular weight excluding hydrogens is 314 g/mol. The Balaban J connectivity index is 2.26. The van der Waals surface area contributed by atoms with Crippen molar-refractivity contribution in [2.75, 3.05) is 11.9 Å². The summed E-state index contributed by atoms with van der Waals surface area (Å²) in [4.78, 5) is 14.6. The monoisotopic (exact) mass is 329 g/mol. The number of carbonyl (C=O) groups is 1. The third-order valence-corrected chi connectivity index (χ3v) is 4.48. The van der Waals surface area contributed by atoms with Crippen LogP contribution in [0.3, 0.4) is 0 Å². The molecule has 1 fully saturated rings. The van der Waals surface area contributed by atoms with Crippen LogP contribution in [0, 0.1) is 6.92 Å². The number of piperidine rings is 1. The van der Waals surface area contributed by atoms with Crippen molar-refractivity contribution >= 4 is 33.4 Å². The molecule has 0 aromatic heterocycles. The molecule has 1 aliphatic rings. The highest BCUT2D eigenvalue weighted by Crippen LogP contribution is 2.23. The Morgan fingerprint density at radius 3 is 3.00 bits per heavy atom. The van der Waals surface area contributed by atoms with Crippen LogP contribution in [0.2, 0.25) is 5.02 Å². The van der Waals surface area contributed by atoms with Crippen molar-refractivity contribution < 1.29 is 4.79 Å². The lowest BCUT2D eigenvalue weighted by atomic mass is 10.0. The summed E-state index contributed by atoms with van der Waals surface area (Å²) in [6.07, 6.45) is 3.38. The van der Waals surface area contributed by atoms with Gasteiger partial charge >= 0.3 is 0 Å². The Hall–Kier alpha value is -0.540. The number of carbonyl (C=O) groups excluding carboxylic acids is 1. The van der Waals surface area contributed by atoms with Crippen LogP contribution in [-0.2, 0) is 0 Å². The number of nitrogens with zero attached hydrogens (tertiary/aromatic N) is 1. The lowest BCUT2D eigenvalue weighted by molar-refractivity contribution is 0.0641. The quantitative estimate of drug-likeness (QED) is 0.750. The maximum absolute atomic E-state index is 12.6. The van der Waals surface area contributed by atoms with Gasteiger partial charge in [-0.15, -0.1) is 0 Å². The first-order valence-corrected chi connectivity index (χ1v) is 7.76. The lowest BCUT2D eigenvalue weighted by Gasteiger charge is -2.35. The number of benzene rings is 1. The Labute approximate surface area is 121 Å². The number of rotatable bonds is 2. The first-order valence-electron chi connectivity index (χ1n) is 6.26. The molecule has 1 heterocycles. The molecule has 4 heteroatoms. The van der Waals surface area contributed by atoms with Crippen molar-refractivity contribution in [3.05, 3.63) is 34.3 Å². The molecule has 1 aromatic carbocycles. The van der Waals surface area contributed by atoms with E-state index in [1.807, 2.05) is 24.0 Å². The van der Waals surface area contributed by atoms with Crippen LogP contribution in [0.15, 0.2) is 18.2 Å². The van der Waals surface area contributed by atoms with Crippen LogP contribution >= 0.6 is 27.5 Å². The zero-order valence-corrected chi connectivity index (χ0v) is 12.8. The molecule has 0 saturated carbocycles. The number of hydrogen-bond donors (Lipinski definition) is 0. The summed E-state index contributed by atoms with van der Waals surface area (Å²) in [6.45, 7) is 2.80. The first-order chi connectivity index (χ1) is 8.63. The van der Waals surface area contributed by atoms with E-state index < -0.39 is 0 Å². The van der Waals surface area contributed by atoms with Crippen molar-refractivity contribution in [2.24, 2.45) is 0 Å². The van der Waals surface area contributed by atoms with Crippen LogP contribution in [0.25, 0.3) is 0 Å². The highest BCUT2D eigenvalue weighted by atomic mass is 79.9. The predicted molar refractivity (Wildman–Crippen MR) is 78.7 cm³/mol. The molecule has 0 aliphatic carbocycles. The molecule has 98 valence electrons. The van der Waals surface area contributed by atoms with E-state index in [9.17, 15) is 4.79 Å². The summed E-state index contributed by atoms with van der Waals surface area (Å²) >= 11 is 9.50. The Bertz CT molecular complexity index is 449. The van der Waals surface area contributed by atoms with E-state index in [1.165, 1.54) is 6.42 Å². The van der Waals surface area contributed by atoms with Gasteiger partial charge in [0.1, 0.15) is 0 Å². The Morgan fingerprint density at radius 1 is 1.50 bits per heavy atom. The fourth-order valence-corrected chi connectivity index (χ4v) is 3.25. The van der Waals surface area contributed by atoms with Gasteiger partial charge in [-0.05, 0) is 43.9 Å². The molecule has 0 radical (unpaired) electrons. The van der Waals surface area contributed by atoms with E-state index >= 15 is 0 Å². The summed E-state index contributed by atoms with van der Waals surface area (Å²) in [5, 5.41) is 1.47. The van der Waals surface area contributed by atoms with Gasteiger partial charge in [-0.2, -0.15) is 0 Å². The van der Waals surface area contributed by atoms with Gasteiger partial charge < -0.3 is 4.90 Å². The average Bonchev–Trinajstić information content (AvgIpc) is 2.40. The second kappa shape index (κ2) is 6.07. The number of likely N-dealkylation sites (tertiary alicyclic amines) is 1. The molecule has 1 unspecified atom stereocenters. The number of aryl methyl sites for hydroxylation is 1. The predicted octanol–water partition coefficient (Wildman–Crippen LogP) is 4.04. The maximum atomic E-state index is 12.6. The molecule has 18 heavy (non-hydrogen) atoms. The number of hydrogen-bond acceptors (Lipinski definition) is 1. The molecule has 2 rings (SSSR count). The summed E-state index contributed by atoms with van der Waals surface area (Å²) in [5.41, 5.74) is 1.72. The van der Waals surface area contributed by atoms with Crippen molar-refractivity contribution in [3.63, 3.8) is 0 Å². The Kier molecular flexibility index (Phi) is 4.68. The van der Waals surface area contributed by atoms with Gasteiger partial charge in [-0.1, -0.05) is 33.6 Å². The molecule has 1 atom stereocenters. The van der Waals surface area contributed by atoms with Gasteiger partial charge in [-0.25, -0.2) is 0 Å². The second-order valence-corrected chi connectivity index (χ2v) is 5.85. The van der Waals surface area contributed by atoms with Crippen molar-refractivity contribution in [3.8, 4) is 0 Å². The Morgan fingerprint density at radius 2 is 2.28 bits per heavy atom. The van der Waals surface area contributed by atoms with Crippen LogP contribution in [0.4, 0.5) is 0 Å². The van der Waals surface area contributed by atoms with E-state index in [-0.39, 0.29) is 5.91 Å². The van der Waals surface area contributed by atoms with Gasteiger partial charge in [0.25, 0.3) is 5.91 Å². The van der Waals surface area contributed by atoms with Crippen molar-refractivity contribution in [1.29, 1.82) is 0 Å². The zero-order valence-electron chi connectivity index (χ0n) is 10.5. The molecule has 2 nitrogen and oxygen atoms in total. The van der Waals surface area contributed by atoms with Gasteiger partial charge in [0.05, 0.1) is 0 Å². The highest BCUT2D eigenvalue weighted by Gasteiger charge is 2.27. The largest absolute Gasteiger partial charge is 0.335 e. The van der Waals surface area contributed by atoms with E-state index in [2.05, 4.69) is 15.9 Å². The summed E-state index contributed by atoms with van der Waals surface area (Å²) in [6, 6.07) is 5.82. The van der Waals surface area contributed by atoms with Crippen LogP contribution < -0.4 is 0 Å². The topological polar surface area (TPSA) is 20.3 Å². The summed E-state index contributed by atoms with van der Waals surface area (Å²) in [5.74, 6) is 0.110. The molecule has 0 N–H and O–H groups in total. The van der Waals surface area contributed by atoms with Gasteiger partial charge in [-0.3, -0.25) is 4.79 Å². The molecular formula is C14H17BrClNO. The van der Waals surface area contributed by atoms with Gasteiger partial charge in [0.2, 0.25) is 0 Å². The molecule has 0 bridgehead atoms. The van der Waals surface area contributed by atoms with Crippen LogP contribution in [0.5, 0.6) is 0 Å². The first kappa shape index (κ1) is 13.9. The highest BCUT2D eigenvalue weighted by molar-refractivity contribution is 9.09. The number of halogens is 2. The van der Waals surface area contributed by atoms with E-state index in [0.717, 1.165) is 35.8 Å². The molecule has 1 aromatic rings. The molecule has 1 amide bonds. The molecule has 0 spiro atoms. The molecule has 1 aliphatic heterocycles. The minimum Gasteiger partial charge on any atom is -0.335 e. The second-order valence-electron chi connectivity index (χ2n) is 4.76. The van der Waals surface area contributed by atoms with E-state index in [0.29, 0.717) is 11.1 Å². The zero-order chi connectivity index (χ0) is 13.1. The fourth-order valence-electron chi connectivity index (χ4n) is 2.41. The SMILES string of the molecule is Cc1ccc(Cl)cc1C(=O)N1CCCCC1CBr. The summed E-state index contributed by atoms with van der Waals surface area (Å²) < 4.78 is 0. The minimum absolute atomic E-state index is 0.110. The molecule has 1 saturated heterocycles. The van der Waals surface area contributed by atoms with Crippen LogP contribution in [-0.4, -0.2) is 28.7 Å². The van der Waals surface area contributed by atoms with E-state index in [1.54, 1.807) is 6.07 Å². The lowest BCUT2D eigenvalue weighted by Crippen LogP contribution is -2.44. The number of amides is 1. The van der Waals surface area contributed by atoms with Crippen molar-refractivity contribution in [2.45, 2.75) is 32.2 Å².